The van der Waals surface area contributed by atoms with E-state index in [2.05, 4.69) is 26.1 Å². The molecule has 1 amide bonds. The van der Waals surface area contributed by atoms with Crippen molar-refractivity contribution in [2.75, 3.05) is 32.7 Å². The maximum atomic E-state index is 14.1. The van der Waals surface area contributed by atoms with E-state index in [0.29, 0.717) is 36.4 Å². The van der Waals surface area contributed by atoms with E-state index in [1.807, 2.05) is 0 Å². The second-order valence-electron chi connectivity index (χ2n) is 16.5. The van der Waals surface area contributed by atoms with Gasteiger partial charge in [0, 0.05) is 43.8 Å². The zero-order chi connectivity index (χ0) is 38.5. The molecule has 6 N–H and O–H groups in total. The highest BCUT2D eigenvalue weighted by Gasteiger charge is 2.64. The number of hydrogen-bond acceptors (Lipinski definition) is 9. The van der Waals surface area contributed by atoms with Crippen LogP contribution in [0.4, 0.5) is 0 Å². The number of Topliss-reactive ketones (excluding diaryl/α,β-unsaturated/α-hetero) is 1. The van der Waals surface area contributed by atoms with E-state index >= 15 is 0 Å². The molecule has 0 bridgehead atoms. The van der Waals surface area contributed by atoms with Crippen molar-refractivity contribution in [1.82, 2.24) is 15.1 Å². The number of nitrogens with zero attached hydrogens (tertiary/aromatic N) is 2. The van der Waals surface area contributed by atoms with Crippen LogP contribution in [0.5, 0.6) is 0 Å². The summed E-state index contributed by atoms with van der Waals surface area (Å²) in [5.74, 6) is -4.38. The summed E-state index contributed by atoms with van der Waals surface area (Å²) in [5.41, 5.74) is -0.466. The quantitative estimate of drug-likeness (QED) is 0.112. The Balaban J connectivity index is 1.35. The minimum absolute atomic E-state index is 0.0466. The lowest BCUT2D eigenvalue weighted by atomic mass is 9.44. The summed E-state index contributed by atoms with van der Waals surface area (Å²) in [5, 5.41) is 50.0. The van der Waals surface area contributed by atoms with Crippen LogP contribution in [-0.2, 0) is 33.6 Å². The average molecular weight is 736 g/mol. The molecule has 0 aromatic heterocycles. The van der Waals surface area contributed by atoms with Crippen LogP contribution in [0.1, 0.15) is 97.8 Å². The van der Waals surface area contributed by atoms with Crippen LogP contribution in [-0.4, -0.2) is 122 Å². The number of aliphatic carboxylic acids is 5. The van der Waals surface area contributed by atoms with Gasteiger partial charge in [0.25, 0.3) is 0 Å². The molecule has 0 aromatic carbocycles. The number of fused-ring (bicyclic) bond motifs is 5. The van der Waals surface area contributed by atoms with E-state index in [-0.39, 0.29) is 67.5 Å². The summed E-state index contributed by atoms with van der Waals surface area (Å²) in [6.07, 6.45) is 7.17. The highest BCUT2D eigenvalue weighted by atomic mass is 16.4. The Labute approximate surface area is 304 Å². The summed E-state index contributed by atoms with van der Waals surface area (Å²) in [7, 11) is 0. The molecule has 0 saturated heterocycles. The zero-order valence-corrected chi connectivity index (χ0v) is 30.6. The van der Waals surface area contributed by atoms with Crippen LogP contribution in [0, 0.1) is 46.3 Å². The third-order valence-electron chi connectivity index (χ3n) is 13.6. The second-order valence-corrected chi connectivity index (χ2v) is 16.5. The fourth-order valence-electron chi connectivity index (χ4n) is 11.0. The lowest BCUT2D eigenvalue weighted by Gasteiger charge is -2.60. The van der Waals surface area contributed by atoms with Gasteiger partial charge in [0.15, 0.2) is 0 Å². The molecule has 0 radical (unpaired) electrons. The van der Waals surface area contributed by atoms with Gasteiger partial charge >= 0.3 is 29.8 Å². The van der Waals surface area contributed by atoms with E-state index in [4.69, 9.17) is 10.2 Å². The molecule has 0 aliphatic heterocycles. The molecule has 0 spiro atoms. The van der Waals surface area contributed by atoms with Gasteiger partial charge in [-0.1, -0.05) is 20.8 Å². The molecule has 10 atom stereocenters. The van der Waals surface area contributed by atoms with Crippen LogP contribution in [0.3, 0.4) is 0 Å². The smallest absolute Gasteiger partial charge is 0.320 e. The number of ketones is 1. The number of rotatable bonds is 19. The molecule has 4 aliphatic carbocycles. The SMILES string of the molecule is CC(CCC(=O)O)[C@H]1CCC2C3CC[C@@H]4C[C@@H](NC(=O)CC[C@@H](C(=O)O)N(CCN(CC(=O)O)CC(=O)O)CC(=O)O)CC[C@]4(C)C3CC(=O)[C@@]21C. The van der Waals surface area contributed by atoms with E-state index in [9.17, 15) is 48.9 Å². The molecule has 4 rings (SSSR count). The van der Waals surface area contributed by atoms with Crippen molar-refractivity contribution in [3.63, 3.8) is 0 Å². The van der Waals surface area contributed by atoms with Crippen molar-refractivity contribution in [3.8, 4) is 0 Å². The molecule has 0 heterocycles. The van der Waals surface area contributed by atoms with Gasteiger partial charge in [0.2, 0.25) is 5.91 Å². The van der Waals surface area contributed by atoms with Gasteiger partial charge in [0.1, 0.15) is 11.8 Å². The first-order valence-corrected chi connectivity index (χ1v) is 18.8. The van der Waals surface area contributed by atoms with Crippen molar-refractivity contribution in [3.05, 3.63) is 0 Å². The van der Waals surface area contributed by atoms with E-state index < -0.39 is 60.9 Å². The lowest BCUT2D eigenvalue weighted by Crippen LogP contribution is -2.58. The first-order valence-electron chi connectivity index (χ1n) is 18.8. The van der Waals surface area contributed by atoms with Gasteiger partial charge in [-0.3, -0.25) is 43.4 Å². The summed E-state index contributed by atoms with van der Waals surface area (Å²) < 4.78 is 0. The van der Waals surface area contributed by atoms with Crippen molar-refractivity contribution >= 4 is 41.5 Å². The molecule has 15 heteroatoms. The van der Waals surface area contributed by atoms with Crippen molar-refractivity contribution < 1.29 is 59.1 Å². The van der Waals surface area contributed by atoms with Crippen LogP contribution in [0.15, 0.2) is 0 Å². The van der Waals surface area contributed by atoms with E-state index in [1.54, 1.807) is 0 Å². The molecular weight excluding hydrogens is 678 g/mol. The van der Waals surface area contributed by atoms with Crippen molar-refractivity contribution in [2.45, 2.75) is 110 Å². The molecule has 4 saturated carbocycles. The van der Waals surface area contributed by atoms with Gasteiger partial charge in [-0.15, -0.1) is 0 Å². The van der Waals surface area contributed by atoms with Crippen LogP contribution >= 0.6 is 0 Å². The summed E-state index contributed by atoms with van der Waals surface area (Å²) in [4.78, 5) is 86.9. The Kier molecular flexibility index (Phi) is 13.5. The van der Waals surface area contributed by atoms with Gasteiger partial charge in [-0.05, 0) is 98.7 Å². The average Bonchev–Trinajstić information content (AvgIpc) is 3.40. The van der Waals surface area contributed by atoms with Crippen molar-refractivity contribution in [1.29, 1.82) is 0 Å². The maximum Gasteiger partial charge on any atom is 0.320 e. The van der Waals surface area contributed by atoms with Gasteiger partial charge < -0.3 is 30.8 Å². The molecule has 4 unspecified atom stereocenters. The molecular formula is C37H57N3O12. The largest absolute Gasteiger partial charge is 0.481 e. The van der Waals surface area contributed by atoms with Crippen LogP contribution in [0.25, 0.3) is 0 Å². The number of amides is 1. The fourth-order valence-corrected chi connectivity index (χ4v) is 11.0. The van der Waals surface area contributed by atoms with Gasteiger partial charge in [0.05, 0.1) is 19.6 Å². The summed E-state index contributed by atoms with van der Waals surface area (Å²) in [6, 6.07) is -1.48. The number of carboxylic acid groups (broad SMARTS) is 5. The number of carbonyl (C=O) groups is 7. The normalized spacial score (nSPS) is 32.3. The third kappa shape index (κ3) is 9.31. The van der Waals surface area contributed by atoms with E-state index in [1.165, 1.54) is 0 Å². The minimum atomic E-state index is -1.37. The minimum Gasteiger partial charge on any atom is -0.481 e. The standard InChI is InChI=1S/C37H57N3O12/c1-21(4-11-31(43)44)25-7-8-26-24-6-5-22-16-23(12-13-36(22,2)27(24)17-29(41)37(25,26)3)38-30(42)10-9-28(35(51)52)40(20-34(49)50)15-14-39(18-32(45)46)19-33(47)48/h21-28H,4-20H2,1-3H3,(H,38,42)(H,43,44)(H,45,46)(H,47,48)(H,49,50)(H,51,52)/t21?,22-,23+,24?,25-,26?,27?,28+,36+,37-/m1/s1. The predicted octanol–water partition coefficient (Wildman–Crippen LogP) is 2.90. The molecule has 4 fully saturated rings. The number of hydrogen-bond donors (Lipinski definition) is 6. The van der Waals surface area contributed by atoms with Crippen LogP contribution < -0.4 is 5.32 Å². The fraction of sp³-hybridized carbons (Fsp3) is 0.811. The van der Waals surface area contributed by atoms with Crippen molar-refractivity contribution in [2.24, 2.45) is 46.3 Å². The Morgan fingerprint density at radius 3 is 2.04 bits per heavy atom. The molecule has 292 valence electrons. The molecule has 15 nitrogen and oxygen atoms in total. The summed E-state index contributed by atoms with van der Waals surface area (Å²) >= 11 is 0. The molecule has 52 heavy (non-hydrogen) atoms. The second kappa shape index (κ2) is 17.0. The first kappa shape index (κ1) is 41.2. The van der Waals surface area contributed by atoms with Crippen LogP contribution in [0.2, 0.25) is 0 Å². The van der Waals surface area contributed by atoms with Gasteiger partial charge in [-0.25, -0.2) is 0 Å². The topological polar surface area (TPSA) is 239 Å². The third-order valence-corrected chi connectivity index (χ3v) is 13.6. The lowest BCUT2D eigenvalue weighted by molar-refractivity contribution is -0.158. The predicted molar refractivity (Wildman–Crippen MR) is 185 cm³/mol. The monoisotopic (exact) mass is 735 g/mol. The molecule has 0 aromatic rings. The number of nitrogens with one attached hydrogen (secondary N) is 1. The number of carbonyl (C=O) groups excluding carboxylic acids is 2. The summed E-state index contributed by atoms with van der Waals surface area (Å²) in [6.45, 7) is 4.19. The Morgan fingerprint density at radius 1 is 0.788 bits per heavy atom. The van der Waals surface area contributed by atoms with E-state index in [0.717, 1.165) is 54.7 Å². The number of carboxylic acids is 5. The zero-order valence-electron chi connectivity index (χ0n) is 30.6. The molecule has 4 aliphatic rings. The highest BCUT2D eigenvalue weighted by molar-refractivity contribution is 5.87. The Hall–Kier alpha value is -3.59. The Bertz CT molecular complexity index is 1370. The highest BCUT2D eigenvalue weighted by Crippen LogP contribution is 2.67. The van der Waals surface area contributed by atoms with Gasteiger partial charge in [-0.2, -0.15) is 0 Å². The first-order chi connectivity index (χ1) is 24.4. The Morgan fingerprint density at radius 2 is 1.44 bits per heavy atom. The maximum absolute atomic E-state index is 14.1.